The molecule has 0 spiro atoms. The fourth-order valence-electron chi connectivity index (χ4n) is 1.97. The van der Waals surface area contributed by atoms with Gasteiger partial charge >= 0.3 is 0 Å². The molecule has 2 aromatic carbocycles. The predicted molar refractivity (Wildman–Crippen MR) is 82.5 cm³/mol. The van der Waals surface area contributed by atoms with Crippen LogP contribution in [0.4, 0.5) is 15.8 Å². The minimum Gasteiger partial charge on any atom is -0.398 e. The van der Waals surface area contributed by atoms with E-state index in [0.717, 1.165) is 4.31 Å². The summed E-state index contributed by atoms with van der Waals surface area (Å²) < 4.78 is 40.3. The van der Waals surface area contributed by atoms with Crippen molar-refractivity contribution in [3.63, 3.8) is 0 Å². The highest BCUT2D eigenvalue weighted by molar-refractivity contribution is 7.93. The molecule has 0 aliphatic rings. The van der Waals surface area contributed by atoms with Gasteiger partial charge in [-0.25, -0.2) is 12.8 Å². The molecule has 0 fully saturated rings. The smallest absolute Gasteiger partial charge is 0.266 e. The molecule has 0 amide bonds. The SMILES string of the molecule is CCN(c1ccccc1F)S(=O)(=O)c1cc(Cl)ccc1N. The van der Waals surface area contributed by atoms with Gasteiger partial charge in [-0.1, -0.05) is 23.7 Å². The van der Waals surface area contributed by atoms with Crippen LogP contribution >= 0.6 is 11.6 Å². The third kappa shape index (κ3) is 2.96. The maximum Gasteiger partial charge on any atom is 0.266 e. The van der Waals surface area contributed by atoms with Gasteiger partial charge in [0.1, 0.15) is 10.7 Å². The Hall–Kier alpha value is -1.79. The van der Waals surface area contributed by atoms with Crippen LogP contribution in [0, 0.1) is 5.82 Å². The van der Waals surface area contributed by atoms with Crippen molar-refractivity contribution < 1.29 is 12.8 Å². The van der Waals surface area contributed by atoms with Gasteiger partial charge < -0.3 is 5.73 Å². The second-order valence-electron chi connectivity index (χ2n) is 4.30. The van der Waals surface area contributed by atoms with E-state index >= 15 is 0 Å². The molecule has 112 valence electrons. The first-order chi connectivity index (χ1) is 9.87. The number of hydrogen-bond donors (Lipinski definition) is 1. The molecule has 0 saturated heterocycles. The van der Waals surface area contributed by atoms with E-state index in [4.69, 9.17) is 17.3 Å². The summed E-state index contributed by atoms with van der Waals surface area (Å²) in [5, 5.41) is 0.243. The van der Waals surface area contributed by atoms with Gasteiger partial charge in [0.25, 0.3) is 10.0 Å². The summed E-state index contributed by atoms with van der Waals surface area (Å²) >= 11 is 5.84. The van der Waals surface area contributed by atoms with E-state index in [0.29, 0.717) is 0 Å². The van der Waals surface area contributed by atoms with E-state index in [1.807, 2.05) is 0 Å². The van der Waals surface area contributed by atoms with E-state index in [-0.39, 0.29) is 27.8 Å². The summed E-state index contributed by atoms with van der Waals surface area (Å²) in [6.07, 6.45) is 0. The number of anilines is 2. The lowest BCUT2D eigenvalue weighted by molar-refractivity contribution is 0.587. The number of rotatable bonds is 4. The third-order valence-electron chi connectivity index (χ3n) is 2.95. The molecule has 0 bridgehead atoms. The Labute approximate surface area is 128 Å². The van der Waals surface area contributed by atoms with Crippen LogP contribution in [0.25, 0.3) is 0 Å². The Bertz CT molecular complexity index is 765. The molecule has 7 heteroatoms. The molecule has 0 aliphatic carbocycles. The van der Waals surface area contributed by atoms with Crippen LogP contribution in [0.15, 0.2) is 47.4 Å². The van der Waals surface area contributed by atoms with E-state index in [1.165, 1.54) is 36.4 Å². The zero-order valence-corrected chi connectivity index (χ0v) is 12.8. The summed E-state index contributed by atoms with van der Waals surface area (Å²) in [7, 11) is -4.00. The Morgan fingerprint density at radius 2 is 1.90 bits per heavy atom. The maximum absolute atomic E-state index is 13.9. The quantitative estimate of drug-likeness (QED) is 0.876. The van der Waals surface area contributed by atoms with Crippen molar-refractivity contribution in [1.82, 2.24) is 0 Å². The van der Waals surface area contributed by atoms with Gasteiger partial charge in [-0.15, -0.1) is 0 Å². The van der Waals surface area contributed by atoms with Crippen LogP contribution in [0.2, 0.25) is 5.02 Å². The monoisotopic (exact) mass is 328 g/mol. The van der Waals surface area contributed by atoms with E-state index < -0.39 is 15.8 Å². The first kappa shape index (κ1) is 15.6. The summed E-state index contributed by atoms with van der Waals surface area (Å²) in [5.41, 5.74) is 5.76. The molecule has 0 aromatic heterocycles. The van der Waals surface area contributed by atoms with Crippen LogP contribution in [0.5, 0.6) is 0 Å². The van der Waals surface area contributed by atoms with Gasteiger partial charge in [0.15, 0.2) is 0 Å². The summed E-state index contributed by atoms with van der Waals surface area (Å²) in [6, 6.07) is 9.83. The topological polar surface area (TPSA) is 63.4 Å². The third-order valence-corrected chi connectivity index (χ3v) is 5.13. The molecule has 2 N–H and O–H groups in total. The van der Waals surface area contributed by atoms with Crippen LogP contribution in [0.1, 0.15) is 6.92 Å². The lowest BCUT2D eigenvalue weighted by Gasteiger charge is -2.24. The van der Waals surface area contributed by atoms with E-state index in [9.17, 15) is 12.8 Å². The highest BCUT2D eigenvalue weighted by atomic mass is 35.5. The first-order valence-corrected chi connectivity index (χ1v) is 8.02. The molecule has 0 radical (unpaired) electrons. The fraction of sp³-hybridized carbons (Fsp3) is 0.143. The van der Waals surface area contributed by atoms with Crippen LogP contribution < -0.4 is 10.0 Å². The average molecular weight is 329 g/mol. The fourth-order valence-corrected chi connectivity index (χ4v) is 3.84. The zero-order valence-electron chi connectivity index (χ0n) is 11.3. The van der Waals surface area contributed by atoms with Crippen molar-refractivity contribution in [2.45, 2.75) is 11.8 Å². The number of nitrogen functional groups attached to an aromatic ring is 1. The van der Waals surface area contributed by atoms with Crippen molar-refractivity contribution in [1.29, 1.82) is 0 Å². The van der Waals surface area contributed by atoms with Crippen molar-refractivity contribution in [3.8, 4) is 0 Å². The van der Waals surface area contributed by atoms with Crippen molar-refractivity contribution in [2.75, 3.05) is 16.6 Å². The van der Waals surface area contributed by atoms with Gasteiger partial charge in [-0.3, -0.25) is 4.31 Å². The Balaban J connectivity index is 2.61. The number of hydrogen-bond acceptors (Lipinski definition) is 3. The summed E-state index contributed by atoms with van der Waals surface area (Å²) in [6.45, 7) is 1.68. The minimum atomic E-state index is -4.00. The number of sulfonamides is 1. The maximum atomic E-state index is 13.9. The second kappa shape index (κ2) is 5.91. The van der Waals surface area contributed by atoms with Crippen LogP contribution in [0.3, 0.4) is 0 Å². The molecule has 0 saturated carbocycles. The van der Waals surface area contributed by atoms with Gasteiger partial charge in [0, 0.05) is 11.6 Å². The summed E-state index contributed by atoms with van der Waals surface area (Å²) in [4.78, 5) is -0.139. The Morgan fingerprint density at radius 3 is 2.52 bits per heavy atom. The largest absolute Gasteiger partial charge is 0.398 e. The lowest BCUT2D eigenvalue weighted by Crippen LogP contribution is -2.32. The van der Waals surface area contributed by atoms with Crippen LogP contribution in [-0.4, -0.2) is 15.0 Å². The Morgan fingerprint density at radius 1 is 1.24 bits per heavy atom. The molecular weight excluding hydrogens is 315 g/mol. The molecule has 2 aromatic rings. The lowest BCUT2D eigenvalue weighted by atomic mass is 10.3. The minimum absolute atomic E-state index is 0.0284. The number of para-hydroxylation sites is 1. The zero-order chi connectivity index (χ0) is 15.6. The van der Waals surface area contributed by atoms with Gasteiger partial charge in [0.2, 0.25) is 0 Å². The van der Waals surface area contributed by atoms with Crippen LogP contribution in [-0.2, 0) is 10.0 Å². The molecule has 21 heavy (non-hydrogen) atoms. The standard InChI is InChI=1S/C14H14ClFN2O2S/c1-2-18(13-6-4-3-5-11(13)16)21(19,20)14-9-10(15)7-8-12(14)17/h3-9H,2,17H2,1H3. The predicted octanol–water partition coefficient (Wildman–Crippen LogP) is 3.28. The molecular formula is C14H14ClFN2O2S. The molecule has 2 rings (SSSR count). The van der Waals surface area contributed by atoms with E-state index in [2.05, 4.69) is 0 Å². The molecule has 0 unspecified atom stereocenters. The number of nitrogens with zero attached hydrogens (tertiary/aromatic N) is 1. The van der Waals surface area contributed by atoms with Crippen molar-refractivity contribution >= 4 is 33.0 Å². The molecule has 0 heterocycles. The van der Waals surface area contributed by atoms with Crippen molar-refractivity contribution in [3.05, 3.63) is 53.3 Å². The second-order valence-corrected chi connectivity index (χ2v) is 6.57. The highest BCUT2D eigenvalue weighted by Crippen LogP contribution is 2.30. The normalized spacial score (nSPS) is 11.4. The molecule has 4 nitrogen and oxygen atoms in total. The number of halogens is 2. The summed E-state index contributed by atoms with van der Waals surface area (Å²) in [5.74, 6) is -0.622. The average Bonchev–Trinajstić information content (AvgIpc) is 2.44. The molecule has 0 atom stereocenters. The molecule has 0 aliphatic heterocycles. The number of nitrogens with two attached hydrogens (primary N) is 1. The van der Waals surface area contributed by atoms with Gasteiger partial charge in [-0.05, 0) is 37.3 Å². The van der Waals surface area contributed by atoms with Crippen molar-refractivity contribution in [2.24, 2.45) is 0 Å². The van der Waals surface area contributed by atoms with Gasteiger partial charge in [0.05, 0.1) is 11.4 Å². The van der Waals surface area contributed by atoms with E-state index in [1.54, 1.807) is 13.0 Å². The number of benzene rings is 2. The van der Waals surface area contributed by atoms with Gasteiger partial charge in [-0.2, -0.15) is 0 Å². The first-order valence-electron chi connectivity index (χ1n) is 6.20. The Kier molecular flexibility index (Phi) is 4.39. The highest BCUT2D eigenvalue weighted by Gasteiger charge is 2.27.